The average Bonchev–Trinajstić information content (AvgIpc) is 2.69. The number of hydrogen-bond acceptors (Lipinski definition) is 4. The van der Waals surface area contributed by atoms with Crippen LogP contribution in [0.4, 0.5) is 0 Å². The maximum absolute atomic E-state index is 5.36. The van der Waals surface area contributed by atoms with Crippen molar-refractivity contribution in [1.82, 2.24) is 15.5 Å². The molecule has 2 N–H and O–H groups in total. The standard InChI is InChI=1S/C21H38N4O2.HI/c1-6-14-25(15-7-2)16-8-12-23-21(22-3)24-13-11-18-9-10-19(26-4)20(17-18)27-5;/h9-10,17H,6-8,11-16H2,1-5H3,(H2,22,23,24);1H. The zero-order valence-electron chi connectivity index (χ0n) is 18.2. The third kappa shape index (κ3) is 10.4. The Kier molecular flexibility index (Phi) is 16.0. The molecule has 0 aliphatic carbocycles. The van der Waals surface area contributed by atoms with Gasteiger partial charge < -0.3 is 25.0 Å². The lowest BCUT2D eigenvalue weighted by molar-refractivity contribution is 0.271. The highest BCUT2D eigenvalue weighted by Gasteiger charge is 2.05. The van der Waals surface area contributed by atoms with E-state index in [0.29, 0.717) is 0 Å². The van der Waals surface area contributed by atoms with E-state index < -0.39 is 0 Å². The van der Waals surface area contributed by atoms with Crippen LogP contribution >= 0.6 is 24.0 Å². The summed E-state index contributed by atoms with van der Waals surface area (Å²) in [7, 11) is 5.12. The zero-order chi connectivity index (χ0) is 19.9. The van der Waals surface area contributed by atoms with Crippen molar-refractivity contribution in [2.45, 2.75) is 39.5 Å². The molecular formula is C21H39IN4O2. The molecule has 0 amide bonds. The molecule has 28 heavy (non-hydrogen) atoms. The smallest absolute Gasteiger partial charge is 0.190 e. The number of aliphatic imine (C=N–C) groups is 1. The van der Waals surface area contributed by atoms with E-state index in [4.69, 9.17) is 9.47 Å². The number of benzene rings is 1. The molecule has 0 saturated carbocycles. The lowest BCUT2D eigenvalue weighted by Crippen LogP contribution is -2.39. The summed E-state index contributed by atoms with van der Waals surface area (Å²) >= 11 is 0. The Labute approximate surface area is 188 Å². The average molecular weight is 506 g/mol. The second-order valence-corrected chi connectivity index (χ2v) is 6.56. The first-order valence-corrected chi connectivity index (χ1v) is 10.1. The van der Waals surface area contributed by atoms with Crippen molar-refractivity contribution < 1.29 is 9.47 Å². The molecule has 0 aliphatic heterocycles. The van der Waals surface area contributed by atoms with Gasteiger partial charge in [0.05, 0.1) is 14.2 Å². The minimum atomic E-state index is 0. The molecule has 0 fully saturated rings. The minimum absolute atomic E-state index is 0. The van der Waals surface area contributed by atoms with E-state index in [2.05, 4.69) is 40.4 Å². The Morgan fingerprint density at radius 1 is 0.964 bits per heavy atom. The van der Waals surface area contributed by atoms with Crippen molar-refractivity contribution >= 4 is 29.9 Å². The van der Waals surface area contributed by atoms with E-state index in [1.807, 2.05) is 19.2 Å². The summed E-state index contributed by atoms with van der Waals surface area (Å²) in [4.78, 5) is 6.84. The minimum Gasteiger partial charge on any atom is -0.493 e. The summed E-state index contributed by atoms with van der Waals surface area (Å²) in [5.41, 5.74) is 1.20. The lowest BCUT2D eigenvalue weighted by Gasteiger charge is -2.21. The number of guanidine groups is 1. The molecule has 0 unspecified atom stereocenters. The van der Waals surface area contributed by atoms with Crippen LogP contribution in [0.15, 0.2) is 23.2 Å². The van der Waals surface area contributed by atoms with Crippen molar-refractivity contribution in [3.8, 4) is 11.5 Å². The maximum Gasteiger partial charge on any atom is 0.190 e. The highest BCUT2D eigenvalue weighted by Crippen LogP contribution is 2.27. The number of hydrogen-bond donors (Lipinski definition) is 2. The van der Waals surface area contributed by atoms with Crippen LogP contribution in [0.25, 0.3) is 0 Å². The van der Waals surface area contributed by atoms with Gasteiger partial charge in [0, 0.05) is 20.1 Å². The summed E-state index contributed by atoms with van der Waals surface area (Å²) in [5, 5.41) is 6.78. The van der Waals surface area contributed by atoms with Crippen LogP contribution in [0.3, 0.4) is 0 Å². The van der Waals surface area contributed by atoms with Gasteiger partial charge in [0.25, 0.3) is 0 Å². The SMILES string of the molecule is CCCN(CCC)CCCNC(=NC)NCCc1ccc(OC)c(OC)c1.I. The van der Waals surface area contributed by atoms with E-state index in [1.165, 1.54) is 31.5 Å². The van der Waals surface area contributed by atoms with Gasteiger partial charge in [0.15, 0.2) is 17.5 Å². The Morgan fingerprint density at radius 2 is 1.61 bits per heavy atom. The second-order valence-electron chi connectivity index (χ2n) is 6.56. The summed E-state index contributed by atoms with van der Waals surface area (Å²) in [5.74, 6) is 2.38. The molecule has 0 aliphatic rings. The van der Waals surface area contributed by atoms with Crippen LogP contribution < -0.4 is 20.1 Å². The van der Waals surface area contributed by atoms with Crippen LogP contribution in [0.1, 0.15) is 38.7 Å². The fourth-order valence-electron chi connectivity index (χ4n) is 3.06. The largest absolute Gasteiger partial charge is 0.493 e. The van der Waals surface area contributed by atoms with Crippen molar-refractivity contribution in [1.29, 1.82) is 0 Å². The Bertz CT molecular complexity index is 549. The third-order valence-electron chi connectivity index (χ3n) is 4.40. The molecule has 1 aromatic carbocycles. The van der Waals surface area contributed by atoms with E-state index >= 15 is 0 Å². The predicted octanol–water partition coefficient (Wildman–Crippen LogP) is 3.54. The van der Waals surface area contributed by atoms with Gasteiger partial charge >= 0.3 is 0 Å². The van der Waals surface area contributed by atoms with Gasteiger partial charge in [-0.3, -0.25) is 4.99 Å². The number of methoxy groups -OCH3 is 2. The second kappa shape index (κ2) is 16.7. The normalized spacial score (nSPS) is 11.1. The fourth-order valence-corrected chi connectivity index (χ4v) is 3.06. The topological polar surface area (TPSA) is 58.1 Å². The van der Waals surface area contributed by atoms with E-state index in [-0.39, 0.29) is 24.0 Å². The van der Waals surface area contributed by atoms with Crippen molar-refractivity contribution in [2.24, 2.45) is 4.99 Å². The van der Waals surface area contributed by atoms with Crippen LogP contribution in [-0.2, 0) is 6.42 Å². The van der Waals surface area contributed by atoms with Gasteiger partial charge in [-0.15, -0.1) is 24.0 Å². The molecule has 1 rings (SSSR count). The molecule has 0 saturated heterocycles. The van der Waals surface area contributed by atoms with Crippen LogP contribution in [-0.4, -0.2) is 64.9 Å². The Morgan fingerprint density at radius 3 is 2.18 bits per heavy atom. The van der Waals surface area contributed by atoms with E-state index in [9.17, 15) is 0 Å². The highest BCUT2D eigenvalue weighted by molar-refractivity contribution is 14.0. The summed E-state index contributed by atoms with van der Waals surface area (Å²) < 4.78 is 10.6. The van der Waals surface area contributed by atoms with Crippen molar-refractivity contribution in [3.63, 3.8) is 0 Å². The molecule has 0 bridgehead atoms. The van der Waals surface area contributed by atoms with Crippen LogP contribution in [0.5, 0.6) is 11.5 Å². The molecule has 0 aromatic heterocycles. The summed E-state index contributed by atoms with van der Waals surface area (Å²) in [6.07, 6.45) is 4.44. The molecule has 162 valence electrons. The first-order chi connectivity index (χ1) is 13.2. The quantitative estimate of drug-likeness (QED) is 0.186. The molecule has 6 nitrogen and oxygen atoms in total. The summed E-state index contributed by atoms with van der Waals surface area (Å²) in [6, 6.07) is 6.03. The molecule has 1 aromatic rings. The predicted molar refractivity (Wildman–Crippen MR) is 130 cm³/mol. The first kappa shape index (κ1) is 26.8. The Balaban J connectivity index is 0.00000729. The monoisotopic (exact) mass is 506 g/mol. The lowest BCUT2D eigenvalue weighted by atomic mass is 10.1. The Hall–Kier alpha value is -1.22. The maximum atomic E-state index is 5.36. The molecule has 0 spiro atoms. The van der Waals surface area contributed by atoms with Crippen LogP contribution in [0.2, 0.25) is 0 Å². The number of rotatable bonds is 13. The van der Waals surface area contributed by atoms with Crippen LogP contribution in [0, 0.1) is 0 Å². The highest BCUT2D eigenvalue weighted by atomic mass is 127. The summed E-state index contributed by atoms with van der Waals surface area (Å²) in [6.45, 7) is 9.73. The van der Waals surface area contributed by atoms with Crippen molar-refractivity contribution in [3.05, 3.63) is 23.8 Å². The van der Waals surface area contributed by atoms with Gasteiger partial charge in [0.1, 0.15) is 0 Å². The number of ether oxygens (including phenoxy) is 2. The molecule has 7 heteroatoms. The molecule has 0 heterocycles. The van der Waals surface area contributed by atoms with Gasteiger partial charge in [-0.25, -0.2) is 0 Å². The van der Waals surface area contributed by atoms with Crippen molar-refractivity contribution in [2.75, 3.05) is 54.0 Å². The third-order valence-corrected chi connectivity index (χ3v) is 4.40. The zero-order valence-corrected chi connectivity index (χ0v) is 20.5. The molecule has 0 radical (unpaired) electrons. The molecular weight excluding hydrogens is 467 g/mol. The van der Waals surface area contributed by atoms with Gasteiger partial charge in [-0.2, -0.15) is 0 Å². The van der Waals surface area contributed by atoms with E-state index in [1.54, 1.807) is 14.2 Å². The number of nitrogens with one attached hydrogen (secondary N) is 2. The fraction of sp³-hybridized carbons (Fsp3) is 0.667. The first-order valence-electron chi connectivity index (χ1n) is 10.1. The van der Waals surface area contributed by atoms with Gasteiger partial charge in [-0.1, -0.05) is 19.9 Å². The van der Waals surface area contributed by atoms with E-state index in [0.717, 1.165) is 49.9 Å². The molecule has 0 atom stereocenters. The van der Waals surface area contributed by atoms with Gasteiger partial charge in [-0.05, 0) is 63.0 Å². The number of halogens is 1. The number of nitrogens with zero attached hydrogens (tertiary/aromatic N) is 2. The van der Waals surface area contributed by atoms with Gasteiger partial charge in [0.2, 0.25) is 0 Å².